The van der Waals surface area contributed by atoms with E-state index < -0.39 is 0 Å². The first-order chi connectivity index (χ1) is 8.27. The summed E-state index contributed by atoms with van der Waals surface area (Å²) in [5, 5.41) is 4.28. The number of nitrogens with two attached hydrogens (primary N) is 1. The highest BCUT2D eigenvalue weighted by Gasteiger charge is 2.22. The van der Waals surface area contributed by atoms with E-state index in [0.717, 1.165) is 30.5 Å². The number of para-hydroxylation sites is 1. The first kappa shape index (κ1) is 10.5. The van der Waals surface area contributed by atoms with Crippen molar-refractivity contribution in [1.82, 2.24) is 9.78 Å². The van der Waals surface area contributed by atoms with Gasteiger partial charge in [0.05, 0.1) is 6.20 Å². The topological polar surface area (TPSA) is 43.8 Å². The summed E-state index contributed by atoms with van der Waals surface area (Å²) in [4.78, 5) is 0. The average Bonchev–Trinajstić information content (AvgIpc) is 2.75. The Morgan fingerprint density at radius 2 is 2.18 bits per heavy atom. The van der Waals surface area contributed by atoms with Crippen molar-refractivity contribution in [2.75, 3.05) is 0 Å². The van der Waals surface area contributed by atoms with Crippen molar-refractivity contribution in [3.8, 4) is 5.69 Å². The van der Waals surface area contributed by atoms with Crippen molar-refractivity contribution in [1.29, 1.82) is 0 Å². The molecule has 1 heterocycles. The lowest BCUT2D eigenvalue weighted by molar-refractivity contribution is 0.551. The van der Waals surface area contributed by atoms with Crippen LogP contribution in [0.5, 0.6) is 0 Å². The predicted octanol–water partition coefficient (Wildman–Crippen LogP) is 2.35. The molecule has 3 rings (SSSR count). The maximum atomic E-state index is 13.7. The maximum absolute atomic E-state index is 13.7. The molecular formula is C13H14FN3. The molecular weight excluding hydrogens is 217 g/mol. The van der Waals surface area contributed by atoms with Crippen LogP contribution in [0.3, 0.4) is 0 Å². The van der Waals surface area contributed by atoms with Gasteiger partial charge in [-0.25, -0.2) is 9.07 Å². The molecule has 4 heteroatoms. The zero-order valence-electron chi connectivity index (χ0n) is 9.44. The van der Waals surface area contributed by atoms with Crippen LogP contribution in [0, 0.1) is 5.82 Å². The molecule has 1 aromatic carbocycles. The second kappa shape index (κ2) is 3.96. The molecule has 0 unspecified atom stereocenters. The quantitative estimate of drug-likeness (QED) is 0.818. The smallest absolute Gasteiger partial charge is 0.148 e. The van der Waals surface area contributed by atoms with E-state index in [1.54, 1.807) is 23.0 Å². The van der Waals surface area contributed by atoms with Gasteiger partial charge in [-0.1, -0.05) is 12.1 Å². The largest absolute Gasteiger partial charge is 0.324 e. The van der Waals surface area contributed by atoms with Crippen molar-refractivity contribution in [3.63, 3.8) is 0 Å². The molecule has 1 aliphatic carbocycles. The van der Waals surface area contributed by atoms with Crippen LogP contribution in [0.2, 0.25) is 0 Å². The molecule has 0 amide bonds. The van der Waals surface area contributed by atoms with Gasteiger partial charge in [0.25, 0.3) is 0 Å². The molecule has 0 bridgehead atoms. The molecule has 1 aliphatic rings. The van der Waals surface area contributed by atoms with Crippen molar-refractivity contribution in [2.24, 2.45) is 5.73 Å². The van der Waals surface area contributed by atoms with Gasteiger partial charge in [0.2, 0.25) is 0 Å². The number of halogens is 1. The average molecular weight is 231 g/mol. The Morgan fingerprint density at radius 3 is 3.00 bits per heavy atom. The minimum Gasteiger partial charge on any atom is -0.324 e. The van der Waals surface area contributed by atoms with Crippen LogP contribution in [0.4, 0.5) is 4.39 Å². The highest BCUT2D eigenvalue weighted by molar-refractivity contribution is 5.38. The van der Waals surface area contributed by atoms with Gasteiger partial charge in [0, 0.05) is 17.3 Å². The number of hydrogen-bond acceptors (Lipinski definition) is 2. The Bertz CT molecular complexity index is 547. The van der Waals surface area contributed by atoms with E-state index >= 15 is 0 Å². The third-order valence-corrected chi connectivity index (χ3v) is 3.31. The Morgan fingerprint density at radius 1 is 1.35 bits per heavy atom. The molecule has 3 nitrogen and oxygen atoms in total. The van der Waals surface area contributed by atoms with E-state index in [4.69, 9.17) is 5.73 Å². The molecule has 0 radical (unpaired) electrons. The Hall–Kier alpha value is -1.68. The Balaban J connectivity index is 2.14. The van der Waals surface area contributed by atoms with E-state index in [2.05, 4.69) is 5.10 Å². The van der Waals surface area contributed by atoms with Crippen molar-refractivity contribution >= 4 is 0 Å². The van der Waals surface area contributed by atoms with Gasteiger partial charge >= 0.3 is 0 Å². The number of benzene rings is 1. The maximum Gasteiger partial charge on any atom is 0.148 e. The minimum absolute atomic E-state index is 0.0410. The fourth-order valence-corrected chi connectivity index (χ4v) is 2.42. The minimum atomic E-state index is -0.252. The van der Waals surface area contributed by atoms with Crippen LogP contribution in [0.25, 0.3) is 5.69 Å². The van der Waals surface area contributed by atoms with E-state index in [-0.39, 0.29) is 11.9 Å². The van der Waals surface area contributed by atoms with Crippen LogP contribution in [-0.4, -0.2) is 9.78 Å². The molecule has 0 aliphatic heterocycles. The van der Waals surface area contributed by atoms with E-state index in [1.807, 2.05) is 6.07 Å². The second-order valence-corrected chi connectivity index (χ2v) is 4.41. The molecule has 0 spiro atoms. The molecule has 0 fully saturated rings. The zero-order valence-corrected chi connectivity index (χ0v) is 9.44. The van der Waals surface area contributed by atoms with E-state index in [9.17, 15) is 4.39 Å². The summed E-state index contributed by atoms with van der Waals surface area (Å²) in [6.07, 6.45) is 4.70. The van der Waals surface area contributed by atoms with Crippen LogP contribution >= 0.6 is 0 Å². The van der Waals surface area contributed by atoms with Crippen molar-refractivity contribution in [3.05, 3.63) is 47.5 Å². The van der Waals surface area contributed by atoms with Gasteiger partial charge in [0.15, 0.2) is 0 Å². The van der Waals surface area contributed by atoms with Gasteiger partial charge in [0.1, 0.15) is 11.5 Å². The molecule has 1 aromatic heterocycles. The molecule has 88 valence electrons. The standard InChI is InChI=1S/C13H14FN3/c14-10-4-1-2-6-13(10)17-12-7-3-5-11(15)9(12)8-16-17/h1-2,4,6,8,11H,3,5,7,15H2/t11-/m0/s1. The lowest BCUT2D eigenvalue weighted by Gasteiger charge is -2.19. The van der Waals surface area contributed by atoms with Crippen LogP contribution in [-0.2, 0) is 6.42 Å². The first-order valence-corrected chi connectivity index (χ1v) is 5.84. The molecule has 0 saturated carbocycles. The molecule has 0 saturated heterocycles. The Kier molecular flexibility index (Phi) is 2.44. The molecule has 17 heavy (non-hydrogen) atoms. The lowest BCUT2D eigenvalue weighted by Crippen LogP contribution is -2.18. The monoisotopic (exact) mass is 231 g/mol. The summed E-state index contributed by atoms with van der Waals surface area (Å²) in [6.45, 7) is 0. The molecule has 2 N–H and O–H groups in total. The number of aromatic nitrogens is 2. The van der Waals surface area contributed by atoms with E-state index in [0.29, 0.717) is 5.69 Å². The van der Waals surface area contributed by atoms with E-state index in [1.165, 1.54) is 6.07 Å². The van der Waals surface area contributed by atoms with Gasteiger partial charge < -0.3 is 5.73 Å². The summed E-state index contributed by atoms with van der Waals surface area (Å²) in [5.41, 5.74) is 8.64. The first-order valence-electron chi connectivity index (χ1n) is 5.84. The van der Waals surface area contributed by atoms with Crippen molar-refractivity contribution in [2.45, 2.75) is 25.3 Å². The normalized spacial score (nSPS) is 19.1. The number of nitrogens with zero attached hydrogens (tertiary/aromatic N) is 2. The summed E-state index contributed by atoms with van der Waals surface area (Å²) in [7, 11) is 0. The summed E-state index contributed by atoms with van der Waals surface area (Å²) in [6, 6.07) is 6.73. The second-order valence-electron chi connectivity index (χ2n) is 4.41. The van der Waals surface area contributed by atoms with Crippen molar-refractivity contribution < 1.29 is 4.39 Å². The number of hydrogen-bond donors (Lipinski definition) is 1. The van der Waals surface area contributed by atoms with Gasteiger partial charge in [-0.15, -0.1) is 0 Å². The van der Waals surface area contributed by atoms with Gasteiger partial charge in [-0.05, 0) is 31.4 Å². The third kappa shape index (κ3) is 1.65. The summed E-state index contributed by atoms with van der Waals surface area (Å²) >= 11 is 0. The fraction of sp³-hybridized carbons (Fsp3) is 0.308. The lowest BCUT2D eigenvalue weighted by atomic mass is 9.94. The summed E-state index contributed by atoms with van der Waals surface area (Å²) < 4.78 is 15.4. The Labute approximate surface area is 99.1 Å². The highest BCUT2D eigenvalue weighted by atomic mass is 19.1. The predicted molar refractivity (Wildman–Crippen MR) is 63.4 cm³/mol. The third-order valence-electron chi connectivity index (χ3n) is 3.31. The number of fused-ring (bicyclic) bond motifs is 1. The summed E-state index contributed by atoms with van der Waals surface area (Å²) in [5.74, 6) is -0.252. The van der Waals surface area contributed by atoms with Crippen LogP contribution in [0.1, 0.15) is 30.1 Å². The number of rotatable bonds is 1. The van der Waals surface area contributed by atoms with Gasteiger partial charge in [-0.3, -0.25) is 0 Å². The SMILES string of the molecule is N[C@H]1CCCc2c1cnn2-c1ccccc1F. The fourth-order valence-electron chi connectivity index (χ4n) is 2.42. The zero-order chi connectivity index (χ0) is 11.8. The van der Waals surface area contributed by atoms with Crippen LogP contribution in [0.15, 0.2) is 30.5 Å². The highest BCUT2D eigenvalue weighted by Crippen LogP contribution is 2.29. The van der Waals surface area contributed by atoms with Crippen LogP contribution < -0.4 is 5.73 Å². The van der Waals surface area contributed by atoms with Gasteiger partial charge in [-0.2, -0.15) is 5.10 Å². The molecule has 2 aromatic rings. The molecule has 1 atom stereocenters.